The number of rotatable bonds is 6. The average Bonchev–Trinajstić information content (AvgIpc) is 3.15. The van der Waals surface area contributed by atoms with Gasteiger partial charge in [-0.05, 0) is 50.8 Å². The number of ether oxygens (including phenoxy) is 1. The summed E-state index contributed by atoms with van der Waals surface area (Å²) in [6.07, 6.45) is 3.03. The number of nitrogens with one attached hydrogen (secondary N) is 1. The second-order valence-electron chi connectivity index (χ2n) is 5.59. The Balaban J connectivity index is 1.90. The molecule has 0 heterocycles. The number of benzene rings is 1. The highest BCUT2D eigenvalue weighted by Gasteiger charge is 2.42. The van der Waals surface area contributed by atoms with E-state index in [1.165, 1.54) is 16.7 Å². The fourth-order valence-electron chi connectivity index (χ4n) is 2.55. The molecule has 1 saturated carbocycles. The van der Waals surface area contributed by atoms with Crippen LogP contribution in [-0.2, 0) is 6.42 Å². The van der Waals surface area contributed by atoms with Gasteiger partial charge in [-0.25, -0.2) is 0 Å². The lowest BCUT2D eigenvalue weighted by atomic mass is 10.0. The topological polar surface area (TPSA) is 45.0 Å². The molecule has 102 valence electrons. The third kappa shape index (κ3) is 3.27. The summed E-state index contributed by atoms with van der Waals surface area (Å²) >= 11 is 0. The van der Waals surface area contributed by atoms with Gasteiger partial charge >= 0.3 is 0 Å². The Bertz CT molecular complexity index is 498. The molecule has 2 rings (SSSR count). The van der Waals surface area contributed by atoms with Crippen molar-refractivity contribution < 1.29 is 4.74 Å². The summed E-state index contributed by atoms with van der Waals surface area (Å²) in [6, 6.07) is 6.73. The Hall–Kier alpha value is -1.53. The monoisotopic (exact) mass is 258 g/mol. The van der Waals surface area contributed by atoms with Gasteiger partial charge in [0.25, 0.3) is 0 Å². The van der Waals surface area contributed by atoms with Crippen LogP contribution in [0.15, 0.2) is 12.1 Å². The molecule has 3 heteroatoms. The molecule has 0 radical (unpaired) electrons. The van der Waals surface area contributed by atoms with Crippen LogP contribution < -0.4 is 10.1 Å². The molecule has 1 fully saturated rings. The predicted octanol–water partition coefficient (Wildman–Crippen LogP) is 2.75. The Morgan fingerprint density at radius 1 is 1.37 bits per heavy atom. The van der Waals surface area contributed by atoms with Gasteiger partial charge in [-0.3, -0.25) is 0 Å². The molecule has 1 aromatic carbocycles. The molecule has 0 aromatic heterocycles. The standard InChI is InChI=1S/C16H22N2O/c1-12-8-13(2)15(19-3)14(9-12)4-7-18-11-16(10-17)5-6-16/h8-9,18H,4-7,11H2,1-3H3. The van der Waals surface area contributed by atoms with Crippen molar-refractivity contribution >= 4 is 0 Å². The van der Waals surface area contributed by atoms with Gasteiger partial charge in [0.2, 0.25) is 0 Å². The highest BCUT2D eigenvalue weighted by molar-refractivity contribution is 5.43. The van der Waals surface area contributed by atoms with Crippen molar-refractivity contribution in [3.05, 3.63) is 28.8 Å². The van der Waals surface area contributed by atoms with E-state index in [0.29, 0.717) is 0 Å². The van der Waals surface area contributed by atoms with E-state index in [2.05, 4.69) is 37.4 Å². The number of nitrogens with zero attached hydrogens (tertiary/aromatic N) is 1. The number of methoxy groups -OCH3 is 1. The molecule has 1 aromatic rings. The van der Waals surface area contributed by atoms with Crippen LogP contribution in [0.5, 0.6) is 5.75 Å². The highest BCUT2D eigenvalue weighted by Crippen LogP contribution is 2.43. The van der Waals surface area contributed by atoms with Crippen LogP contribution >= 0.6 is 0 Å². The van der Waals surface area contributed by atoms with Crippen molar-refractivity contribution in [2.75, 3.05) is 20.2 Å². The van der Waals surface area contributed by atoms with Crippen molar-refractivity contribution in [1.82, 2.24) is 5.32 Å². The lowest BCUT2D eigenvalue weighted by Gasteiger charge is -2.14. The summed E-state index contributed by atoms with van der Waals surface area (Å²) in [5, 5.41) is 12.4. The molecule has 0 atom stereocenters. The van der Waals surface area contributed by atoms with Gasteiger partial charge in [-0.15, -0.1) is 0 Å². The van der Waals surface area contributed by atoms with Crippen molar-refractivity contribution in [2.45, 2.75) is 33.1 Å². The van der Waals surface area contributed by atoms with Gasteiger partial charge < -0.3 is 10.1 Å². The molecule has 0 bridgehead atoms. The molecule has 0 saturated heterocycles. The van der Waals surface area contributed by atoms with Gasteiger partial charge in [0.15, 0.2) is 0 Å². The lowest BCUT2D eigenvalue weighted by molar-refractivity contribution is 0.405. The van der Waals surface area contributed by atoms with E-state index in [4.69, 9.17) is 10.00 Å². The number of nitriles is 1. The van der Waals surface area contributed by atoms with E-state index in [-0.39, 0.29) is 5.41 Å². The molecule has 0 spiro atoms. The summed E-state index contributed by atoms with van der Waals surface area (Å²) in [5.74, 6) is 0.994. The number of aryl methyl sites for hydroxylation is 2. The molecule has 0 aliphatic heterocycles. The van der Waals surface area contributed by atoms with Gasteiger partial charge in [-0.2, -0.15) is 5.26 Å². The summed E-state index contributed by atoms with van der Waals surface area (Å²) < 4.78 is 5.48. The Kier molecular flexibility index (Phi) is 4.11. The van der Waals surface area contributed by atoms with Crippen LogP contribution in [0.2, 0.25) is 0 Å². The maximum Gasteiger partial charge on any atom is 0.125 e. The van der Waals surface area contributed by atoms with E-state index in [1.807, 2.05) is 0 Å². The fourth-order valence-corrected chi connectivity index (χ4v) is 2.55. The van der Waals surface area contributed by atoms with Crippen LogP contribution in [0.4, 0.5) is 0 Å². The zero-order chi connectivity index (χ0) is 13.9. The number of hydrogen-bond acceptors (Lipinski definition) is 3. The van der Waals surface area contributed by atoms with Crippen LogP contribution in [0, 0.1) is 30.6 Å². The first-order valence-electron chi connectivity index (χ1n) is 6.86. The third-order valence-corrected chi connectivity index (χ3v) is 3.83. The first-order chi connectivity index (χ1) is 9.10. The zero-order valence-electron chi connectivity index (χ0n) is 12.0. The first-order valence-corrected chi connectivity index (χ1v) is 6.86. The lowest BCUT2D eigenvalue weighted by Crippen LogP contribution is -2.25. The van der Waals surface area contributed by atoms with Crippen molar-refractivity contribution in [3.8, 4) is 11.8 Å². The minimum absolute atomic E-state index is 0.0629. The Morgan fingerprint density at radius 2 is 2.11 bits per heavy atom. The molecule has 0 amide bonds. The van der Waals surface area contributed by atoms with Crippen LogP contribution in [-0.4, -0.2) is 20.2 Å². The summed E-state index contributed by atoms with van der Waals surface area (Å²) in [6.45, 7) is 5.90. The van der Waals surface area contributed by atoms with E-state index in [0.717, 1.165) is 38.1 Å². The minimum Gasteiger partial charge on any atom is -0.496 e. The summed E-state index contributed by atoms with van der Waals surface area (Å²) in [7, 11) is 1.73. The predicted molar refractivity (Wildman–Crippen MR) is 76.3 cm³/mol. The molecule has 1 N–H and O–H groups in total. The maximum absolute atomic E-state index is 9.02. The Morgan fingerprint density at radius 3 is 2.68 bits per heavy atom. The molecule has 0 unspecified atom stereocenters. The van der Waals surface area contributed by atoms with Crippen LogP contribution in [0.25, 0.3) is 0 Å². The van der Waals surface area contributed by atoms with Gasteiger partial charge in [0.05, 0.1) is 18.6 Å². The second-order valence-corrected chi connectivity index (χ2v) is 5.59. The fraction of sp³-hybridized carbons (Fsp3) is 0.562. The first kappa shape index (κ1) is 13.9. The SMILES string of the molecule is COc1c(C)cc(C)cc1CCNCC1(C#N)CC1. The molecule has 19 heavy (non-hydrogen) atoms. The quantitative estimate of drug-likeness (QED) is 0.798. The van der Waals surface area contributed by atoms with Crippen molar-refractivity contribution in [1.29, 1.82) is 5.26 Å². The third-order valence-electron chi connectivity index (χ3n) is 3.83. The second kappa shape index (κ2) is 5.63. The van der Waals surface area contributed by atoms with E-state index in [1.54, 1.807) is 7.11 Å². The highest BCUT2D eigenvalue weighted by atomic mass is 16.5. The Labute approximate surface area is 115 Å². The van der Waals surface area contributed by atoms with E-state index < -0.39 is 0 Å². The largest absolute Gasteiger partial charge is 0.496 e. The van der Waals surface area contributed by atoms with E-state index >= 15 is 0 Å². The maximum atomic E-state index is 9.02. The molecular formula is C16H22N2O. The molecule has 1 aliphatic rings. The smallest absolute Gasteiger partial charge is 0.125 e. The van der Waals surface area contributed by atoms with Gasteiger partial charge in [0.1, 0.15) is 5.75 Å². The molecule has 1 aliphatic carbocycles. The van der Waals surface area contributed by atoms with Gasteiger partial charge in [-0.1, -0.05) is 17.7 Å². The van der Waals surface area contributed by atoms with Gasteiger partial charge in [0, 0.05) is 6.54 Å². The van der Waals surface area contributed by atoms with E-state index in [9.17, 15) is 0 Å². The minimum atomic E-state index is -0.0629. The number of hydrogen-bond donors (Lipinski definition) is 1. The van der Waals surface area contributed by atoms with Crippen molar-refractivity contribution in [2.24, 2.45) is 5.41 Å². The zero-order valence-corrected chi connectivity index (χ0v) is 12.0. The average molecular weight is 258 g/mol. The molecular weight excluding hydrogens is 236 g/mol. The normalized spacial score (nSPS) is 15.9. The van der Waals surface area contributed by atoms with Crippen LogP contribution in [0.3, 0.4) is 0 Å². The summed E-state index contributed by atoms with van der Waals surface area (Å²) in [5.41, 5.74) is 3.64. The molecule has 3 nitrogen and oxygen atoms in total. The van der Waals surface area contributed by atoms with Crippen molar-refractivity contribution in [3.63, 3.8) is 0 Å². The summed E-state index contributed by atoms with van der Waals surface area (Å²) in [4.78, 5) is 0. The van der Waals surface area contributed by atoms with Crippen LogP contribution in [0.1, 0.15) is 29.5 Å².